The summed E-state index contributed by atoms with van der Waals surface area (Å²) in [5.41, 5.74) is 9.64. The zero-order valence-electron chi connectivity index (χ0n) is 21.0. The average Bonchev–Trinajstić information content (AvgIpc) is 3.71. The predicted molar refractivity (Wildman–Crippen MR) is 141 cm³/mol. The highest BCUT2D eigenvalue weighted by molar-refractivity contribution is 5.92. The van der Waals surface area contributed by atoms with Gasteiger partial charge >= 0.3 is 0 Å². The SMILES string of the molecule is CC=N/C(C#CC(C)(O)C1CC1)=C\c1cn(C2CN(C3CC3)C2)cc1-c1nc(N)nc2cn(C)nc12. The lowest BCUT2D eigenvalue weighted by Gasteiger charge is -2.40. The van der Waals surface area contributed by atoms with Crippen molar-refractivity contribution in [2.24, 2.45) is 18.0 Å². The van der Waals surface area contributed by atoms with Crippen LogP contribution in [0.2, 0.25) is 0 Å². The Balaban J connectivity index is 1.44. The molecule has 0 radical (unpaired) electrons. The van der Waals surface area contributed by atoms with Crippen LogP contribution in [-0.2, 0) is 7.05 Å². The van der Waals surface area contributed by atoms with Gasteiger partial charge in [0.15, 0.2) is 0 Å². The normalized spacial score (nSPS) is 20.9. The quantitative estimate of drug-likeness (QED) is 0.411. The van der Waals surface area contributed by atoms with E-state index in [2.05, 4.69) is 53.8 Å². The molecule has 3 aromatic rings. The van der Waals surface area contributed by atoms with E-state index in [-0.39, 0.29) is 11.9 Å². The van der Waals surface area contributed by atoms with Gasteiger partial charge in [0.05, 0.1) is 12.2 Å². The molecule has 0 amide bonds. The molecule has 0 spiro atoms. The molecule has 3 fully saturated rings. The van der Waals surface area contributed by atoms with Crippen molar-refractivity contribution in [3.05, 3.63) is 29.9 Å². The fraction of sp³-hybridized carbons (Fsp3) is 0.481. The summed E-state index contributed by atoms with van der Waals surface area (Å²) < 4.78 is 4.00. The minimum Gasteiger partial charge on any atom is -0.378 e. The molecule has 9 nitrogen and oxygen atoms in total. The van der Waals surface area contributed by atoms with Crippen LogP contribution >= 0.6 is 0 Å². The number of aromatic nitrogens is 5. The van der Waals surface area contributed by atoms with Gasteiger partial charge in [0.2, 0.25) is 5.95 Å². The highest BCUT2D eigenvalue weighted by atomic mass is 16.3. The number of hydrogen-bond donors (Lipinski definition) is 2. The number of anilines is 1. The van der Waals surface area contributed by atoms with Crippen molar-refractivity contribution in [3.63, 3.8) is 0 Å². The molecular formula is C27H32N8O. The zero-order chi connectivity index (χ0) is 25.0. The molecule has 3 aromatic heterocycles. The van der Waals surface area contributed by atoms with Gasteiger partial charge in [0, 0.05) is 55.9 Å². The van der Waals surface area contributed by atoms with Crippen molar-refractivity contribution in [1.29, 1.82) is 0 Å². The van der Waals surface area contributed by atoms with Crippen molar-refractivity contribution in [2.75, 3.05) is 18.8 Å². The number of likely N-dealkylation sites (tertiary alicyclic amines) is 1. The lowest BCUT2D eigenvalue weighted by molar-refractivity contribution is 0.0980. The van der Waals surface area contributed by atoms with Gasteiger partial charge in [-0.1, -0.05) is 5.92 Å². The van der Waals surface area contributed by atoms with Gasteiger partial charge in [0.25, 0.3) is 0 Å². The first-order valence-electron chi connectivity index (χ1n) is 12.7. The van der Waals surface area contributed by atoms with Gasteiger partial charge in [-0.25, -0.2) is 9.97 Å². The molecule has 6 rings (SSSR count). The maximum atomic E-state index is 10.7. The standard InChI is InChI=1S/C27H32N8O/c1-4-29-19(9-10-27(2,36)18-5-6-18)11-17-12-34(21-13-35(14-21)20-7-8-20)15-22(17)24-25-23(16-33(3)32-25)30-26(28)31-24/h4,11-12,15-16,18,20-21,36H,5-8,13-14H2,1-3H3,(H2,28,30)/b19-11-,29-4?. The Morgan fingerprint density at radius 2 is 1.94 bits per heavy atom. The summed E-state index contributed by atoms with van der Waals surface area (Å²) >= 11 is 0. The van der Waals surface area contributed by atoms with Crippen molar-refractivity contribution in [1.82, 2.24) is 29.2 Å². The molecule has 3 aliphatic rings. The molecule has 2 saturated carbocycles. The predicted octanol–water partition coefficient (Wildman–Crippen LogP) is 3.03. The Kier molecular flexibility index (Phi) is 5.47. The molecule has 3 N–H and O–H groups in total. The van der Waals surface area contributed by atoms with Gasteiger partial charge in [-0.3, -0.25) is 14.6 Å². The van der Waals surface area contributed by atoms with E-state index in [4.69, 9.17) is 5.73 Å². The number of rotatable bonds is 6. The number of nitrogens with zero attached hydrogens (tertiary/aromatic N) is 7. The van der Waals surface area contributed by atoms with Crippen LogP contribution in [0.15, 0.2) is 29.3 Å². The molecule has 1 aliphatic heterocycles. The molecule has 2 aliphatic carbocycles. The fourth-order valence-electron chi connectivity index (χ4n) is 4.99. The lowest BCUT2D eigenvalue weighted by atomic mass is 10.0. The fourth-order valence-corrected chi connectivity index (χ4v) is 4.99. The Morgan fingerprint density at radius 3 is 2.64 bits per heavy atom. The van der Waals surface area contributed by atoms with Gasteiger partial charge in [-0.15, -0.1) is 0 Å². The second-order valence-corrected chi connectivity index (χ2v) is 10.5. The Bertz CT molecular complexity index is 1440. The van der Waals surface area contributed by atoms with Crippen LogP contribution < -0.4 is 5.73 Å². The molecule has 4 heterocycles. The number of fused-ring (bicyclic) bond motifs is 1. The van der Waals surface area contributed by atoms with Crippen LogP contribution in [0.4, 0.5) is 5.95 Å². The van der Waals surface area contributed by atoms with Crippen LogP contribution in [0.5, 0.6) is 0 Å². The van der Waals surface area contributed by atoms with Crippen LogP contribution in [0.1, 0.15) is 51.1 Å². The Morgan fingerprint density at radius 1 is 1.17 bits per heavy atom. The topological polar surface area (TPSA) is 110 Å². The smallest absolute Gasteiger partial charge is 0.221 e. The highest BCUT2D eigenvalue weighted by Gasteiger charge is 2.39. The largest absolute Gasteiger partial charge is 0.378 e. The third kappa shape index (κ3) is 4.43. The molecule has 1 saturated heterocycles. The number of allylic oxidation sites excluding steroid dienone is 1. The minimum absolute atomic E-state index is 0.212. The van der Waals surface area contributed by atoms with Gasteiger partial charge in [-0.2, -0.15) is 5.10 Å². The van der Waals surface area contributed by atoms with E-state index in [1.807, 2.05) is 26.2 Å². The number of aliphatic hydroxyl groups is 1. The Labute approximate surface area is 210 Å². The molecule has 36 heavy (non-hydrogen) atoms. The third-order valence-corrected chi connectivity index (χ3v) is 7.38. The molecule has 1 unspecified atom stereocenters. The first kappa shape index (κ1) is 23.0. The monoisotopic (exact) mass is 484 g/mol. The highest BCUT2D eigenvalue weighted by Crippen LogP contribution is 2.39. The van der Waals surface area contributed by atoms with Crippen molar-refractivity contribution in [3.8, 4) is 23.1 Å². The molecule has 0 aromatic carbocycles. The van der Waals surface area contributed by atoms with Crippen molar-refractivity contribution >= 4 is 29.3 Å². The van der Waals surface area contributed by atoms with Crippen LogP contribution in [-0.4, -0.2) is 65.3 Å². The van der Waals surface area contributed by atoms with Gasteiger partial charge in [0.1, 0.15) is 28.0 Å². The summed E-state index contributed by atoms with van der Waals surface area (Å²) in [6.07, 6.45) is 14.5. The van der Waals surface area contributed by atoms with Crippen LogP contribution in [0, 0.1) is 17.8 Å². The maximum Gasteiger partial charge on any atom is 0.221 e. The number of hydrogen-bond acceptors (Lipinski definition) is 7. The average molecular weight is 485 g/mol. The van der Waals surface area contributed by atoms with Crippen molar-refractivity contribution in [2.45, 2.75) is 57.2 Å². The Hall–Kier alpha value is -3.48. The van der Waals surface area contributed by atoms with Gasteiger partial charge in [-0.05, 0) is 57.4 Å². The molecule has 1 atom stereocenters. The van der Waals surface area contributed by atoms with E-state index in [1.54, 1.807) is 17.8 Å². The number of aryl methyl sites for hydroxylation is 1. The first-order valence-corrected chi connectivity index (χ1v) is 12.7. The molecule has 186 valence electrons. The van der Waals surface area contributed by atoms with E-state index in [9.17, 15) is 5.11 Å². The summed E-state index contributed by atoms with van der Waals surface area (Å²) in [5, 5.41) is 15.3. The summed E-state index contributed by atoms with van der Waals surface area (Å²) in [6.45, 7) is 5.76. The van der Waals surface area contributed by atoms with E-state index in [0.29, 0.717) is 28.5 Å². The van der Waals surface area contributed by atoms with E-state index < -0.39 is 5.60 Å². The van der Waals surface area contributed by atoms with E-state index in [0.717, 1.165) is 43.1 Å². The van der Waals surface area contributed by atoms with Crippen LogP contribution in [0.25, 0.3) is 28.4 Å². The van der Waals surface area contributed by atoms with Crippen LogP contribution in [0.3, 0.4) is 0 Å². The van der Waals surface area contributed by atoms with Crippen molar-refractivity contribution < 1.29 is 5.11 Å². The second-order valence-electron chi connectivity index (χ2n) is 10.5. The second kappa shape index (κ2) is 8.57. The summed E-state index contributed by atoms with van der Waals surface area (Å²) in [7, 11) is 1.86. The summed E-state index contributed by atoms with van der Waals surface area (Å²) in [6, 6.07) is 1.18. The zero-order valence-corrected chi connectivity index (χ0v) is 21.0. The number of nitrogens with two attached hydrogens (primary N) is 1. The van der Waals surface area contributed by atoms with E-state index in [1.165, 1.54) is 12.8 Å². The molecule has 9 heteroatoms. The summed E-state index contributed by atoms with van der Waals surface area (Å²) in [5.74, 6) is 6.63. The first-order chi connectivity index (χ1) is 17.3. The number of aliphatic imine (C=N–C) groups is 1. The molecule has 0 bridgehead atoms. The minimum atomic E-state index is -1.00. The van der Waals surface area contributed by atoms with E-state index >= 15 is 0 Å². The molecular weight excluding hydrogens is 452 g/mol. The summed E-state index contributed by atoms with van der Waals surface area (Å²) in [4.78, 5) is 16.0. The van der Waals surface area contributed by atoms with Gasteiger partial charge < -0.3 is 15.4 Å². The number of nitrogen functional groups attached to an aromatic ring is 1. The third-order valence-electron chi connectivity index (χ3n) is 7.38. The maximum absolute atomic E-state index is 10.7. The lowest BCUT2D eigenvalue weighted by Crippen LogP contribution is -2.48.